The third kappa shape index (κ3) is 2.23. The number of esters is 1. The Hall–Kier alpha value is -0.412. The predicted octanol–water partition coefficient (Wildman–Crippen LogP) is 0.0861. The average Bonchev–Trinajstić information content (AvgIpc) is 2.28. The molecular weight excluding hydrogens is 367 g/mol. The van der Waals surface area contributed by atoms with Crippen LogP contribution in [0.1, 0.15) is 6.92 Å². The van der Waals surface area contributed by atoms with E-state index in [1.165, 1.54) is 0 Å². The minimum absolute atomic E-state index is 0. The molecule has 2 aliphatic heterocycles. The summed E-state index contributed by atoms with van der Waals surface area (Å²) in [6, 6.07) is 0. The summed E-state index contributed by atoms with van der Waals surface area (Å²) in [5, 5.41) is 0. The van der Waals surface area contributed by atoms with Gasteiger partial charge in [0.2, 0.25) is 0 Å². The Morgan fingerprint density at radius 2 is 2.00 bits per heavy atom. The smallest absolute Gasteiger partial charge is 0.346 e. The fourth-order valence-corrected chi connectivity index (χ4v) is 2.04. The van der Waals surface area contributed by atoms with Crippen LogP contribution in [-0.2, 0) is 19.1 Å². The Bertz CT molecular complexity index is 490. The predicted molar refractivity (Wildman–Crippen MR) is 58.0 cm³/mol. The first-order valence-electron chi connectivity index (χ1n) is 5.28. The Morgan fingerprint density at radius 1 is 1.39 bits per heavy atom. The van der Waals surface area contributed by atoms with Gasteiger partial charge < -0.3 is 9.53 Å². The van der Waals surface area contributed by atoms with E-state index in [0.29, 0.717) is 11.1 Å². The van der Waals surface area contributed by atoms with E-state index in [2.05, 4.69) is 0 Å². The number of carbonyl (C=O) groups excluding carboxylic acids is 3. The molecule has 0 aromatic heterocycles. The van der Waals surface area contributed by atoms with E-state index in [1.54, 1.807) is 33.4 Å². The molecule has 1 radical (unpaired) electrons. The topological polar surface area (TPSA) is 60.4 Å². The van der Waals surface area contributed by atoms with Crippen molar-refractivity contribution in [3.63, 3.8) is 0 Å². The van der Waals surface area contributed by atoms with Crippen LogP contribution in [0.3, 0.4) is 0 Å². The maximum absolute atomic E-state index is 12.2. The summed E-state index contributed by atoms with van der Waals surface area (Å²) in [4.78, 5) is 34.5. The van der Waals surface area contributed by atoms with Gasteiger partial charge in [0, 0.05) is 46.1 Å². The van der Waals surface area contributed by atoms with Gasteiger partial charge in [-0.3, -0.25) is 9.28 Å². The number of hydrogen-bond acceptors (Lipinski definition) is 4. The molecule has 2 aliphatic rings. The molecule has 0 spiro atoms. The number of rotatable bonds is 1. The summed E-state index contributed by atoms with van der Waals surface area (Å²) in [6.07, 6.45) is 3.35. The van der Waals surface area contributed by atoms with E-state index in [1.807, 2.05) is 0 Å². The first kappa shape index (κ1) is 15.6. The molecule has 95 valence electrons. The number of amides is 1. The van der Waals surface area contributed by atoms with Gasteiger partial charge in [-0.1, -0.05) is 5.57 Å². The van der Waals surface area contributed by atoms with Crippen molar-refractivity contribution in [2.75, 3.05) is 20.7 Å². The molecule has 0 fully saturated rings. The molecule has 2 heterocycles. The van der Waals surface area contributed by atoms with Gasteiger partial charge in [-0.15, -0.1) is 6.08 Å². The second-order valence-corrected chi connectivity index (χ2v) is 4.65. The van der Waals surface area contributed by atoms with Gasteiger partial charge in [-0.05, 0) is 6.92 Å². The van der Waals surface area contributed by atoms with Crippen molar-refractivity contribution in [1.82, 2.24) is 0 Å². The Labute approximate surface area is 138 Å². The summed E-state index contributed by atoms with van der Waals surface area (Å²) in [7, 11) is 3.23. The largest absolute Gasteiger partial charge is 0.460 e. The van der Waals surface area contributed by atoms with E-state index < -0.39 is 5.92 Å². The maximum Gasteiger partial charge on any atom is 0.346 e. The number of allylic oxidation sites excluding steroid dienone is 2. The molecule has 6 heteroatoms. The molecule has 0 N–H and O–H groups in total. The molecular formula is C12H13NO4Pm. The average molecular weight is 380 g/mol. The van der Waals surface area contributed by atoms with Crippen molar-refractivity contribution in [3.05, 3.63) is 22.9 Å². The standard InChI is InChI=1S/C12H13NO4.Pm/c1-7-9-4-8(5-14)13(2,3)11(15)10(9)6-17-12(7)16;/h4,7H,6H2,1-3H3;. The normalized spacial score (nSPS) is 25.7. The summed E-state index contributed by atoms with van der Waals surface area (Å²) in [5.74, 6) is -1.10. The van der Waals surface area contributed by atoms with Gasteiger partial charge >= 0.3 is 11.9 Å². The van der Waals surface area contributed by atoms with Crippen molar-refractivity contribution in [2.45, 2.75) is 6.92 Å². The molecule has 0 saturated heterocycles. The van der Waals surface area contributed by atoms with Gasteiger partial charge in [-0.2, -0.15) is 0 Å². The zero-order valence-corrected chi connectivity index (χ0v) is 13.3. The second kappa shape index (κ2) is 5.30. The molecule has 1 unspecified atom stereocenters. The maximum atomic E-state index is 12.2. The summed E-state index contributed by atoms with van der Waals surface area (Å²) in [5.41, 5.74) is 1.29. The SMILES string of the molecule is CC1C(=O)OCC2=C1C=C([C-]=O)[N+](C)(C)C2=O.[Pm]. The van der Waals surface area contributed by atoms with Gasteiger partial charge in [0.15, 0.2) is 0 Å². The molecule has 0 aliphatic carbocycles. The van der Waals surface area contributed by atoms with Gasteiger partial charge in [0.1, 0.15) is 6.61 Å². The summed E-state index contributed by atoms with van der Waals surface area (Å²) >= 11 is 0. The number of hydrogen-bond donors (Lipinski definition) is 0. The monoisotopic (exact) mass is 380 g/mol. The third-order valence-corrected chi connectivity index (χ3v) is 3.29. The van der Waals surface area contributed by atoms with Crippen LogP contribution in [0.15, 0.2) is 22.9 Å². The van der Waals surface area contributed by atoms with Crippen LogP contribution < -0.4 is 0 Å². The van der Waals surface area contributed by atoms with Crippen molar-refractivity contribution in [2.24, 2.45) is 5.92 Å². The van der Waals surface area contributed by atoms with E-state index in [9.17, 15) is 14.4 Å². The van der Waals surface area contributed by atoms with Crippen molar-refractivity contribution < 1.29 is 64.0 Å². The fraction of sp³-hybridized carbons (Fsp3) is 0.417. The quantitative estimate of drug-likeness (QED) is 0.368. The van der Waals surface area contributed by atoms with E-state index in [-0.39, 0.29) is 69.1 Å². The number of cyclic esters (lactones) is 1. The Kier molecular flexibility index (Phi) is 4.60. The van der Waals surface area contributed by atoms with Crippen molar-refractivity contribution in [1.29, 1.82) is 0 Å². The van der Waals surface area contributed by atoms with Gasteiger partial charge in [-0.25, -0.2) is 4.79 Å². The zero-order valence-electron chi connectivity index (χ0n) is 10.4. The Morgan fingerprint density at radius 3 is 2.56 bits per heavy atom. The number of carbonyl (C=O) groups is 2. The van der Waals surface area contributed by atoms with Gasteiger partial charge in [0.05, 0.1) is 31.9 Å². The molecule has 5 nitrogen and oxygen atoms in total. The molecule has 0 saturated carbocycles. The van der Waals surface area contributed by atoms with Crippen LogP contribution in [0, 0.1) is 46.3 Å². The molecule has 1 atom stereocenters. The van der Waals surface area contributed by atoms with Crippen LogP contribution in [0.2, 0.25) is 0 Å². The zero-order chi connectivity index (χ0) is 12.8. The molecule has 18 heavy (non-hydrogen) atoms. The van der Waals surface area contributed by atoms with E-state index in [4.69, 9.17) is 4.74 Å². The number of ether oxygens (including phenoxy) is 1. The molecule has 1 amide bonds. The van der Waals surface area contributed by atoms with E-state index >= 15 is 0 Å². The minimum atomic E-state index is -0.508. The fourth-order valence-electron chi connectivity index (χ4n) is 2.04. The van der Waals surface area contributed by atoms with E-state index in [0.717, 1.165) is 0 Å². The summed E-state index contributed by atoms with van der Waals surface area (Å²) < 4.78 is 4.75. The molecule has 0 aromatic carbocycles. The van der Waals surface area contributed by atoms with Gasteiger partial charge in [0.25, 0.3) is 0 Å². The summed E-state index contributed by atoms with van der Waals surface area (Å²) in [6.45, 7) is 1.65. The van der Waals surface area contributed by atoms with Crippen LogP contribution in [0.4, 0.5) is 0 Å². The first-order valence-corrected chi connectivity index (χ1v) is 5.28. The number of quaternary nitrogens is 1. The Balaban J connectivity index is 0.00000162. The number of likely N-dealkylation sites (N-methyl/N-ethyl adjacent to an activating group) is 1. The first-order chi connectivity index (χ1) is 7.89. The van der Waals surface area contributed by atoms with Crippen molar-refractivity contribution in [3.8, 4) is 0 Å². The van der Waals surface area contributed by atoms with Crippen LogP contribution in [-0.4, -0.2) is 43.3 Å². The molecule has 0 aromatic rings. The van der Waals surface area contributed by atoms with Crippen molar-refractivity contribution >= 4 is 18.2 Å². The third-order valence-electron chi connectivity index (χ3n) is 3.29. The minimum Gasteiger partial charge on any atom is -0.460 e. The second-order valence-electron chi connectivity index (χ2n) is 4.65. The van der Waals surface area contributed by atoms with Crippen LogP contribution in [0.25, 0.3) is 0 Å². The number of nitrogens with zero attached hydrogens (tertiary/aromatic N) is 1. The van der Waals surface area contributed by atoms with Crippen LogP contribution >= 0.6 is 0 Å². The molecule has 0 bridgehead atoms. The van der Waals surface area contributed by atoms with Crippen LogP contribution in [0.5, 0.6) is 0 Å². The molecule has 2 rings (SSSR count).